The molecule has 1 aliphatic rings. The summed E-state index contributed by atoms with van der Waals surface area (Å²) in [5, 5.41) is 26.9. The molecule has 5 N–H and O–H groups in total. The van der Waals surface area contributed by atoms with E-state index >= 15 is 0 Å². The van der Waals surface area contributed by atoms with E-state index in [1.165, 1.54) is 0 Å². The molecule has 0 bridgehead atoms. The molecule has 70 valence electrons. The number of ether oxygens (including phenoxy) is 1. The van der Waals surface area contributed by atoms with Gasteiger partial charge in [-0.3, -0.25) is 4.79 Å². The van der Waals surface area contributed by atoms with Crippen molar-refractivity contribution < 1.29 is 24.9 Å². The van der Waals surface area contributed by atoms with E-state index in [0.717, 1.165) is 0 Å². The molecule has 0 aromatic carbocycles. The van der Waals surface area contributed by atoms with Crippen LogP contribution in [0, 0.1) is 0 Å². The van der Waals surface area contributed by atoms with Crippen LogP contribution in [0.5, 0.6) is 0 Å². The zero-order chi connectivity index (χ0) is 9.30. The number of hydrogen-bond donors (Lipinski definition) is 4. The highest BCUT2D eigenvalue weighted by Crippen LogP contribution is 2.20. The Morgan fingerprint density at radius 1 is 1.42 bits per heavy atom. The molecule has 6 nitrogen and oxygen atoms in total. The summed E-state index contributed by atoms with van der Waals surface area (Å²) in [7, 11) is 0. The molecule has 0 radical (unpaired) electrons. The first-order valence-electron chi connectivity index (χ1n) is 3.49. The third-order valence-corrected chi connectivity index (χ3v) is 1.82. The van der Waals surface area contributed by atoms with Gasteiger partial charge in [0, 0.05) is 0 Å². The average molecular weight is 177 g/mol. The molecule has 0 saturated carbocycles. The molecule has 1 rings (SSSR count). The lowest BCUT2D eigenvalue weighted by Gasteiger charge is -2.10. The molecule has 1 amide bonds. The lowest BCUT2D eigenvalue weighted by Crippen LogP contribution is -2.39. The molecule has 0 aromatic rings. The zero-order valence-electron chi connectivity index (χ0n) is 6.25. The van der Waals surface area contributed by atoms with Gasteiger partial charge in [0.25, 0.3) is 0 Å². The van der Waals surface area contributed by atoms with E-state index in [4.69, 9.17) is 25.8 Å². The number of carbonyl (C=O) groups excluding carboxylic acids is 1. The van der Waals surface area contributed by atoms with Gasteiger partial charge in [0.2, 0.25) is 5.91 Å². The van der Waals surface area contributed by atoms with E-state index in [1.54, 1.807) is 0 Å². The van der Waals surface area contributed by atoms with Crippen LogP contribution in [0.15, 0.2) is 0 Å². The highest BCUT2D eigenvalue weighted by Gasteiger charge is 2.44. The Kier molecular flexibility index (Phi) is 2.63. The molecule has 0 aliphatic carbocycles. The van der Waals surface area contributed by atoms with Crippen LogP contribution < -0.4 is 5.73 Å². The summed E-state index contributed by atoms with van der Waals surface area (Å²) in [6.45, 7) is -0.456. The van der Waals surface area contributed by atoms with Crippen molar-refractivity contribution in [3.8, 4) is 0 Å². The quantitative estimate of drug-likeness (QED) is 0.358. The van der Waals surface area contributed by atoms with Crippen molar-refractivity contribution in [2.24, 2.45) is 5.73 Å². The Morgan fingerprint density at radius 3 is 2.25 bits per heavy atom. The summed E-state index contributed by atoms with van der Waals surface area (Å²) in [6, 6.07) is 0. The number of aliphatic hydroxyl groups excluding tert-OH is 3. The number of hydrogen-bond acceptors (Lipinski definition) is 5. The van der Waals surface area contributed by atoms with Gasteiger partial charge in [0.05, 0.1) is 6.61 Å². The van der Waals surface area contributed by atoms with Crippen molar-refractivity contribution in [3.05, 3.63) is 0 Å². The maximum Gasteiger partial charge on any atom is 0.249 e. The van der Waals surface area contributed by atoms with Gasteiger partial charge in [-0.15, -0.1) is 0 Å². The maximum absolute atomic E-state index is 10.6. The minimum atomic E-state index is -1.35. The normalized spacial score (nSPS) is 41.6. The average Bonchev–Trinajstić information content (AvgIpc) is 2.30. The fraction of sp³-hybridized carbons (Fsp3) is 0.833. The Morgan fingerprint density at radius 2 is 2.00 bits per heavy atom. The molecule has 1 saturated heterocycles. The van der Waals surface area contributed by atoms with E-state index < -0.39 is 36.9 Å². The summed E-state index contributed by atoms with van der Waals surface area (Å²) in [4.78, 5) is 10.6. The van der Waals surface area contributed by atoms with E-state index in [2.05, 4.69) is 0 Å². The SMILES string of the molecule is NC(=O)[C@H]1O[C@H](CO)[C@@H](O)[C@@H]1O. The summed E-state index contributed by atoms with van der Waals surface area (Å²) >= 11 is 0. The van der Waals surface area contributed by atoms with Gasteiger partial charge in [-0.05, 0) is 0 Å². The van der Waals surface area contributed by atoms with Gasteiger partial charge in [-0.1, -0.05) is 0 Å². The molecule has 4 atom stereocenters. The van der Waals surface area contributed by atoms with Crippen LogP contribution in [0.25, 0.3) is 0 Å². The third-order valence-electron chi connectivity index (χ3n) is 1.82. The van der Waals surface area contributed by atoms with E-state index in [1.807, 2.05) is 0 Å². The third kappa shape index (κ3) is 1.42. The van der Waals surface area contributed by atoms with Crippen LogP contribution in [0.2, 0.25) is 0 Å². The lowest BCUT2D eigenvalue weighted by molar-refractivity contribution is -0.133. The fourth-order valence-corrected chi connectivity index (χ4v) is 1.13. The van der Waals surface area contributed by atoms with Crippen LogP contribution in [0.3, 0.4) is 0 Å². The topological polar surface area (TPSA) is 113 Å². The van der Waals surface area contributed by atoms with Crippen molar-refractivity contribution in [2.75, 3.05) is 6.61 Å². The molecule has 1 heterocycles. The van der Waals surface area contributed by atoms with Crippen LogP contribution in [-0.4, -0.2) is 52.2 Å². The molecule has 0 spiro atoms. The molecule has 0 aromatic heterocycles. The highest BCUT2D eigenvalue weighted by molar-refractivity contribution is 5.80. The van der Waals surface area contributed by atoms with Crippen molar-refractivity contribution in [1.82, 2.24) is 0 Å². The lowest BCUT2D eigenvalue weighted by atomic mass is 10.1. The fourth-order valence-electron chi connectivity index (χ4n) is 1.13. The number of carbonyl (C=O) groups is 1. The minimum Gasteiger partial charge on any atom is -0.394 e. The molecule has 12 heavy (non-hydrogen) atoms. The first-order chi connectivity index (χ1) is 5.57. The monoisotopic (exact) mass is 177 g/mol. The van der Waals surface area contributed by atoms with Crippen molar-refractivity contribution in [1.29, 1.82) is 0 Å². The number of primary amides is 1. The smallest absolute Gasteiger partial charge is 0.249 e. The van der Waals surface area contributed by atoms with E-state index in [-0.39, 0.29) is 0 Å². The molecule has 6 heteroatoms. The van der Waals surface area contributed by atoms with Crippen LogP contribution in [-0.2, 0) is 9.53 Å². The van der Waals surface area contributed by atoms with Crippen molar-refractivity contribution >= 4 is 5.91 Å². The number of amides is 1. The summed E-state index contributed by atoms with van der Waals surface area (Å²) in [5.74, 6) is -0.850. The van der Waals surface area contributed by atoms with Gasteiger partial charge in [-0.2, -0.15) is 0 Å². The predicted molar refractivity (Wildman–Crippen MR) is 37.0 cm³/mol. The predicted octanol–water partition coefficient (Wildman–Crippen LogP) is -3.05. The number of nitrogens with two attached hydrogens (primary N) is 1. The van der Waals surface area contributed by atoms with Gasteiger partial charge in [-0.25, -0.2) is 0 Å². The summed E-state index contributed by atoms with van der Waals surface area (Å²) in [5.41, 5.74) is 4.85. The molecular formula is C6H11NO5. The number of rotatable bonds is 2. The minimum absolute atomic E-state index is 0.456. The van der Waals surface area contributed by atoms with Crippen LogP contribution >= 0.6 is 0 Å². The Balaban J connectivity index is 2.66. The first-order valence-corrected chi connectivity index (χ1v) is 3.49. The van der Waals surface area contributed by atoms with Crippen LogP contribution in [0.4, 0.5) is 0 Å². The van der Waals surface area contributed by atoms with Crippen molar-refractivity contribution in [2.45, 2.75) is 24.4 Å². The Labute approximate surface area is 68.6 Å². The zero-order valence-corrected chi connectivity index (χ0v) is 6.25. The van der Waals surface area contributed by atoms with E-state index in [0.29, 0.717) is 0 Å². The maximum atomic E-state index is 10.6. The van der Waals surface area contributed by atoms with Gasteiger partial charge >= 0.3 is 0 Å². The second-order valence-corrected chi connectivity index (χ2v) is 2.66. The second kappa shape index (κ2) is 3.36. The molecular weight excluding hydrogens is 166 g/mol. The van der Waals surface area contributed by atoms with Gasteiger partial charge in [0.15, 0.2) is 6.10 Å². The molecule has 1 fully saturated rings. The largest absolute Gasteiger partial charge is 0.394 e. The van der Waals surface area contributed by atoms with Crippen molar-refractivity contribution in [3.63, 3.8) is 0 Å². The van der Waals surface area contributed by atoms with Gasteiger partial charge < -0.3 is 25.8 Å². The van der Waals surface area contributed by atoms with Gasteiger partial charge in [0.1, 0.15) is 18.3 Å². The van der Waals surface area contributed by atoms with E-state index in [9.17, 15) is 4.79 Å². The second-order valence-electron chi connectivity index (χ2n) is 2.66. The Bertz CT molecular complexity index is 185. The Hall–Kier alpha value is -0.690. The summed E-state index contributed by atoms with van der Waals surface area (Å²) in [6.07, 6.45) is -4.76. The first kappa shape index (κ1) is 9.40. The molecule has 1 aliphatic heterocycles. The molecule has 0 unspecified atom stereocenters. The number of aliphatic hydroxyl groups is 3. The summed E-state index contributed by atoms with van der Waals surface area (Å²) < 4.78 is 4.77. The standard InChI is InChI=1S/C6H11NO5/c7-6(11)5-4(10)3(9)2(1-8)12-5/h2-5,8-10H,1H2,(H2,7,11)/t2-,3-,4+,5+/m1/s1. The highest BCUT2D eigenvalue weighted by atomic mass is 16.6. The van der Waals surface area contributed by atoms with Crippen LogP contribution in [0.1, 0.15) is 0 Å².